The zero-order valence-corrected chi connectivity index (χ0v) is 15.8. The Hall–Kier alpha value is -1.66. The molecule has 0 radical (unpaired) electrons. The number of para-hydroxylation sites is 1. The first-order valence-corrected chi connectivity index (χ1v) is 11.4. The summed E-state index contributed by atoms with van der Waals surface area (Å²) < 4.78 is 24.7. The van der Waals surface area contributed by atoms with Crippen LogP contribution in [0.15, 0.2) is 42.0 Å². The van der Waals surface area contributed by atoms with Gasteiger partial charge >= 0.3 is 0 Å². The lowest BCUT2D eigenvalue weighted by molar-refractivity contribution is -0.123. The summed E-state index contributed by atoms with van der Waals surface area (Å²) in [5.74, 6) is 0.234. The van der Waals surface area contributed by atoms with E-state index in [0.717, 1.165) is 31.5 Å². The van der Waals surface area contributed by atoms with Crippen molar-refractivity contribution in [3.8, 4) is 0 Å². The number of carbonyl (C=O) groups excluding carboxylic acids is 1. The number of piperazine rings is 1. The summed E-state index contributed by atoms with van der Waals surface area (Å²) in [6.45, 7) is 1.08. The van der Waals surface area contributed by atoms with Crippen LogP contribution in [0, 0.1) is 0 Å². The SMILES string of the molecule is O=C1CN(CCC2=CCCCC2)[C@H]2CS(=O)(=O)C[C@@H]2N1c1ccccc1. The van der Waals surface area contributed by atoms with Crippen LogP contribution < -0.4 is 4.90 Å². The predicted octanol–water partition coefficient (Wildman–Crippen LogP) is 2.39. The van der Waals surface area contributed by atoms with Gasteiger partial charge in [0.25, 0.3) is 0 Å². The highest BCUT2D eigenvalue weighted by atomic mass is 32.2. The van der Waals surface area contributed by atoms with Crippen LogP contribution in [0.1, 0.15) is 32.1 Å². The number of amides is 1. The van der Waals surface area contributed by atoms with Crippen molar-refractivity contribution in [3.05, 3.63) is 42.0 Å². The zero-order chi connectivity index (χ0) is 18.1. The number of rotatable bonds is 4. The monoisotopic (exact) mass is 374 g/mol. The Morgan fingerprint density at radius 1 is 1.04 bits per heavy atom. The van der Waals surface area contributed by atoms with Gasteiger partial charge in [0, 0.05) is 18.3 Å². The molecule has 26 heavy (non-hydrogen) atoms. The maximum absolute atomic E-state index is 12.9. The number of carbonyl (C=O) groups is 1. The molecule has 0 saturated carbocycles. The summed E-state index contributed by atoms with van der Waals surface area (Å²) in [6.07, 6.45) is 8.07. The lowest BCUT2D eigenvalue weighted by Gasteiger charge is -2.43. The first-order valence-electron chi connectivity index (χ1n) is 9.53. The minimum Gasteiger partial charge on any atom is -0.306 e. The van der Waals surface area contributed by atoms with Crippen LogP contribution >= 0.6 is 0 Å². The number of fused-ring (bicyclic) bond motifs is 1. The van der Waals surface area contributed by atoms with Gasteiger partial charge in [-0.3, -0.25) is 9.69 Å². The molecule has 3 aliphatic rings. The summed E-state index contributed by atoms with van der Waals surface area (Å²) in [6, 6.07) is 9.10. The minimum atomic E-state index is -3.12. The van der Waals surface area contributed by atoms with Crippen molar-refractivity contribution in [2.75, 3.05) is 29.5 Å². The van der Waals surface area contributed by atoms with E-state index in [2.05, 4.69) is 11.0 Å². The molecule has 2 heterocycles. The molecule has 5 nitrogen and oxygen atoms in total. The third-order valence-electron chi connectivity index (χ3n) is 5.84. The molecule has 0 unspecified atom stereocenters. The average Bonchev–Trinajstić information content (AvgIpc) is 2.96. The molecule has 1 aromatic carbocycles. The van der Waals surface area contributed by atoms with Crippen molar-refractivity contribution in [1.29, 1.82) is 0 Å². The van der Waals surface area contributed by atoms with E-state index in [4.69, 9.17) is 0 Å². The van der Waals surface area contributed by atoms with E-state index in [-0.39, 0.29) is 29.5 Å². The highest BCUT2D eigenvalue weighted by Gasteiger charge is 2.49. The third kappa shape index (κ3) is 3.58. The Balaban J connectivity index is 1.55. The molecule has 2 aliphatic heterocycles. The molecule has 140 valence electrons. The van der Waals surface area contributed by atoms with Gasteiger partial charge in [0.1, 0.15) is 0 Å². The molecule has 2 atom stereocenters. The van der Waals surface area contributed by atoms with Crippen molar-refractivity contribution >= 4 is 21.4 Å². The Labute approximate surface area is 155 Å². The second kappa shape index (κ2) is 7.16. The lowest BCUT2D eigenvalue weighted by atomic mass is 9.96. The summed E-state index contributed by atoms with van der Waals surface area (Å²) in [5, 5.41) is 0. The van der Waals surface area contributed by atoms with Gasteiger partial charge < -0.3 is 4.90 Å². The smallest absolute Gasteiger partial charge is 0.241 e. The Morgan fingerprint density at radius 3 is 2.54 bits per heavy atom. The fourth-order valence-electron chi connectivity index (χ4n) is 4.55. The van der Waals surface area contributed by atoms with E-state index in [9.17, 15) is 13.2 Å². The van der Waals surface area contributed by atoms with Gasteiger partial charge in [-0.15, -0.1) is 0 Å². The number of hydrogen-bond acceptors (Lipinski definition) is 4. The molecule has 0 aromatic heterocycles. The number of anilines is 1. The molecule has 6 heteroatoms. The quantitative estimate of drug-likeness (QED) is 0.760. The van der Waals surface area contributed by atoms with Crippen LogP contribution in [0.3, 0.4) is 0 Å². The first kappa shape index (κ1) is 17.7. The van der Waals surface area contributed by atoms with Crippen LogP contribution in [0.4, 0.5) is 5.69 Å². The Morgan fingerprint density at radius 2 is 1.81 bits per heavy atom. The van der Waals surface area contributed by atoms with Gasteiger partial charge in [-0.05, 0) is 44.2 Å². The molecular weight excluding hydrogens is 348 g/mol. The van der Waals surface area contributed by atoms with Gasteiger partial charge in [-0.25, -0.2) is 8.42 Å². The zero-order valence-electron chi connectivity index (χ0n) is 15.0. The summed E-state index contributed by atoms with van der Waals surface area (Å²) in [5.41, 5.74) is 2.27. The topological polar surface area (TPSA) is 57.7 Å². The van der Waals surface area contributed by atoms with Crippen LogP contribution in [-0.4, -0.2) is 55.9 Å². The van der Waals surface area contributed by atoms with E-state index in [1.54, 1.807) is 4.90 Å². The summed E-state index contributed by atoms with van der Waals surface area (Å²) in [7, 11) is -3.12. The van der Waals surface area contributed by atoms with Crippen molar-refractivity contribution in [3.63, 3.8) is 0 Å². The molecule has 2 fully saturated rings. The lowest BCUT2D eigenvalue weighted by Crippen LogP contribution is -2.62. The number of benzene rings is 1. The highest BCUT2D eigenvalue weighted by Crippen LogP contribution is 2.32. The Bertz CT molecular complexity index is 804. The van der Waals surface area contributed by atoms with E-state index >= 15 is 0 Å². The summed E-state index contributed by atoms with van der Waals surface area (Å²) in [4.78, 5) is 16.7. The van der Waals surface area contributed by atoms with Crippen LogP contribution in [-0.2, 0) is 14.6 Å². The van der Waals surface area contributed by atoms with Crippen molar-refractivity contribution in [2.24, 2.45) is 0 Å². The number of nitrogens with zero attached hydrogens (tertiary/aromatic N) is 2. The van der Waals surface area contributed by atoms with Gasteiger partial charge in [0.05, 0.1) is 24.1 Å². The third-order valence-corrected chi connectivity index (χ3v) is 7.54. The number of sulfone groups is 1. The fourth-order valence-corrected chi connectivity index (χ4v) is 6.53. The average molecular weight is 375 g/mol. The van der Waals surface area contributed by atoms with E-state index in [0.29, 0.717) is 6.54 Å². The van der Waals surface area contributed by atoms with Crippen LogP contribution in [0.5, 0.6) is 0 Å². The van der Waals surface area contributed by atoms with E-state index in [1.807, 2.05) is 30.3 Å². The summed E-state index contributed by atoms with van der Waals surface area (Å²) >= 11 is 0. The molecule has 0 spiro atoms. The van der Waals surface area contributed by atoms with Gasteiger partial charge in [-0.2, -0.15) is 0 Å². The van der Waals surface area contributed by atoms with Gasteiger partial charge in [0.2, 0.25) is 5.91 Å². The molecule has 0 bridgehead atoms. The highest BCUT2D eigenvalue weighted by molar-refractivity contribution is 7.91. The molecule has 1 amide bonds. The fraction of sp³-hybridized carbons (Fsp3) is 0.550. The maximum Gasteiger partial charge on any atom is 0.241 e. The standard InChI is InChI=1S/C20H26N2O3S/c23-20-13-21(12-11-16-7-3-1-4-8-16)18-14-26(24,25)15-19(18)22(20)17-9-5-2-6-10-17/h2,5-7,9-10,18-19H,1,3-4,8,11-15H2/t18-,19-/m0/s1. The predicted molar refractivity (Wildman–Crippen MR) is 103 cm³/mol. The van der Waals surface area contributed by atoms with Crippen LogP contribution in [0.2, 0.25) is 0 Å². The largest absolute Gasteiger partial charge is 0.306 e. The van der Waals surface area contributed by atoms with Crippen molar-refractivity contribution in [1.82, 2.24) is 4.90 Å². The molecule has 1 aliphatic carbocycles. The molecule has 0 N–H and O–H groups in total. The second-order valence-corrected chi connectivity index (χ2v) is 9.79. The van der Waals surface area contributed by atoms with Crippen molar-refractivity contribution < 1.29 is 13.2 Å². The molecule has 4 rings (SSSR count). The normalized spacial score (nSPS) is 28.7. The number of hydrogen-bond donors (Lipinski definition) is 0. The van der Waals surface area contributed by atoms with Crippen LogP contribution in [0.25, 0.3) is 0 Å². The molecular formula is C20H26N2O3S. The van der Waals surface area contributed by atoms with E-state index < -0.39 is 9.84 Å². The first-order chi connectivity index (χ1) is 12.5. The molecule has 1 aromatic rings. The molecule has 2 saturated heterocycles. The van der Waals surface area contributed by atoms with Gasteiger partial charge in [0.15, 0.2) is 9.84 Å². The van der Waals surface area contributed by atoms with Gasteiger partial charge in [-0.1, -0.05) is 29.8 Å². The van der Waals surface area contributed by atoms with Crippen molar-refractivity contribution in [2.45, 2.75) is 44.2 Å². The maximum atomic E-state index is 12.9. The number of allylic oxidation sites excluding steroid dienone is 1. The Kier molecular flexibility index (Phi) is 4.88. The van der Waals surface area contributed by atoms with E-state index in [1.165, 1.54) is 18.4 Å². The minimum absolute atomic E-state index is 0.00664. The second-order valence-electron chi connectivity index (χ2n) is 7.64.